The summed E-state index contributed by atoms with van der Waals surface area (Å²) in [6, 6.07) is -0.285. The zero-order chi connectivity index (χ0) is 20.6. The van der Waals surface area contributed by atoms with E-state index in [0.29, 0.717) is 25.1 Å². The predicted octanol–water partition coefficient (Wildman–Crippen LogP) is 2.60. The summed E-state index contributed by atoms with van der Waals surface area (Å²) >= 11 is 0. The van der Waals surface area contributed by atoms with Gasteiger partial charge in [0.25, 0.3) is 0 Å². The SMILES string of the molecule is CNB[C@@H]1O[C@@H]2CO[Si](C(C)C)(C(C)C)O[Si](C(C)C)(C(C)C)O[C@@H]2C1O. The van der Waals surface area contributed by atoms with Crippen molar-refractivity contribution in [3.05, 3.63) is 0 Å². The molecule has 9 heteroatoms. The Balaban J connectivity index is 2.50. The third-order valence-corrected chi connectivity index (χ3v) is 16.4. The Bertz CT molecular complexity index is 478. The van der Waals surface area contributed by atoms with Crippen LogP contribution in [0.2, 0.25) is 22.2 Å². The fourth-order valence-corrected chi connectivity index (χ4v) is 15.8. The molecule has 2 saturated heterocycles. The summed E-state index contributed by atoms with van der Waals surface area (Å²) in [7, 11) is -2.77. The Morgan fingerprint density at radius 2 is 1.44 bits per heavy atom. The molecule has 2 N–H and O–H groups in total. The highest BCUT2D eigenvalue weighted by Crippen LogP contribution is 2.47. The highest BCUT2D eigenvalue weighted by atomic mass is 28.5. The van der Waals surface area contributed by atoms with E-state index in [2.05, 4.69) is 60.6 Å². The van der Waals surface area contributed by atoms with Crippen LogP contribution in [0, 0.1) is 0 Å². The van der Waals surface area contributed by atoms with E-state index in [-0.39, 0.29) is 23.2 Å². The second-order valence-corrected chi connectivity index (χ2v) is 18.2. The minimum absolute atomic E-state index is 0.250. The quantitative estimate of drug-likeness (QED) is 0.648. The van der Waals surface area contributed by atoms with Crippen molar-refractivity contribution in [1.82, 2.24) is 5.23 Å². The molecule has 0 aromatic rings. The molecule has 2 aliphatic heterocycles. The zero-order valence-electron chi connectivity index (χ0n) is 18.6. The van der Waals surface area contributed by atoms with E-state index >= 15 is 0 Å². The molecular formula is C18H40BNO5Si2. The Morgan fingerprint density at radius 1 is 0.926 bits per heavy atom. The standard InChI is InChI=1S/C18H40BNO5Si2/c1-11(2)26(12(3)4)22-10-15-17(16(21)18(23-15)19-20-9)24-27(25-26,13(5)6)14(7)8/h11-21H,10H2,1-9H3/t15-,16?,17+,18-/m1/s1. The van der Waals surface area contributed by atoms with Crippen LogP contribution in [0.1, 0.15) is 55.4 Å². The van der Waals surface area contributed by atoms with Gasteiger partial charge in [0.15, 0.2) is 0 Å². The van der Waals surface area contributed by atoms with Crippen molar-refractivity contribution in [2.45, 2.75) is 102 Å². The molecule has 2 fully saturated rings. The summed E-state index contributed by atoms with van der Waals surface area (Å²) in [5.41, 5.74) is 1.11. The average Bonchev–Trinajstić information content (AvgIpc) is 2.82. The summed E-state index contributed by atoms with van der Waals surface area (Å²) in [5, 5.41) is 14.0. The molecule has 0 aromatic heterocycles. The summed E-state index contributed by atoms with van der Waals surface area (Å²) in [5.74, 6) is 0. The lowest BCUT2D eigenvalue weighted by molar-refractivity contribution is -0.0321. The van der Waals surface area contributed by atoms with E-state index in [0.717, 1.165) is 0 Å². The smallest absolute Gasteiger partial charge is 0.335 e. The van der Waals surface area contributed by atoms with Crippen LogP contribution in [-0.4, -0.2) is 67.6 Å². The summed E-state index contributed by atoms with van der Waals surface area (Å²) in [6.45, 7) is 18.0. The summed E-state index contributed by atoms with van der Waals surface area (Å²) in [6.07, 6.45) is -1.33. The molecular weight excluding hydrogens is 377 g/mol. The highest BCUT2D eigenvalue weighted by molar-refractivity contribution is 6.84. The molecule has 0 aromatic carbocycles. The number of nitrogens with one attached hydrogen (secondary N) is 1. The summed E-state index contributed by atoms with van der Waals surface area (Å²) in [4.78, 5) is 0. The lowest BCUT2D eigenvalue weighted by Gasteiger charge is -2.51. The van der Waals surface area contributed by atoms with Crippen molar-refractivity contribution in [2.24, 2.45) is 0 Å². The van der Waals surface area contributed by atoms with E-state index in [4.69, 9.17) is 17.7 Å². The first kappa shape index (κ1) is 23.5. The van der Waals surface area contributed by atoms with Gasteiger partial charge in [-0.05, 0) is 29.2 Å². The van der Waals surface area contributed by atoms with Gasteiger partial charge in [-0.25, -0.2) is 0 Å². The van der Waals surface area contributed by atoms with Crippen molar-refractivity contribution >= 4 is 24.5 Å². The monoisotopic (exact) mass is 417 g/mol. The molecule has 2 aliphatic rings. The molecule has 2 heterocycles. The topological polar surface area (TPSA) is 69.2 Å². The lowest BCUT2D eigenvalue weighted by atomic mass is 9.81. The van der Waals surface area contributed by atoms with E-state index in [1.165, 1.54) is 0 Å². The third-order valence-electron chi connectivity index (χ3n) is 6.17. The first-order valence-electron chi connectivity index (χ1n) is 10.5. The van der Waals surface area contributed by atoms with Crippen molar-refractivity contribution in [3.8, 4) is 0 Å². The van der Waals surface area contributed by atoms with Gasteiger partial charge in [0.2, 0.25) is 7.41 Å². The van der Waals surface area contributed by atoms with Gasteiger partial charge >= 0.3 is 17.1 Å². The second-order valence-electron chi connectivity index (χ2n) is 9.32. The average molecular weight is 418 g/mol. The predicted molar refractivity (Wildman–Crippen MR) is 115 cm³/mol. The molecule has 0 amide bonds. The Hall–Kier alpha value is 0.259. The fourth-order valence-electron chi connectivity index (χ4n) is 4.60. The Labute approximate surface area is 168 Å². The minimum atomic E-state index is -2.68. The number of ether oxygens (including phenoxy) is 1. The molecule has 1 unspecified atom stereocenters. The number of aliphatic hydroxyl groups excluding tert-OH is 1. The number of hydrogen-bond donors (Lipinski definition) is 2. The van der Waals surface area contributed by atoms with E-state index in [1.807, 2.05) is 7.05 Å². The van der Waals surface area contributed by atoms with Gasteiger partial charge < -0.3 is 28.0 Å². The van der Waals surface area contributed by atoms with E-state index in [1.54, 1.807) is 0 Å². The molecule has 27 heavy (non-hydrogen) atoms. The highest BCUT2D eigenvalue weighted by Gasteiger charge is 2.61. The third kappa shape index (κ3) is 4.26. The van der Waals surface area contributed by atoms with Gasteiger partial charge in [-0.3, -0.25) is 0 Å². The zero-order valence-corrected chi connectivity index (χ0v) is 20.6. The summed E-state index contributed by atoms with van der Waals surface area (Å²) < 4.78 is 26.8. The first-order valence-corrected chi connectivity index (χ1v) is 14.5. The maximum Gasteiger partial charge on any atom is 0.335 e. The van der Waals surface area contributed by atoms with Gasteiger partial charge in [-0.15, -0.1) is 0 Å². The van der Waals surface area contributed by atoms with Crippen LogP contribution in [0.15, 0.2) is 0 Å². The molecule has 0 bridgehead atoms. The molecule has 0 aliphatic carbocycles. The van der Waals surface area contributed by atoms with Gasteiger partial charge in [-0.1, -0.05) is 55.4 Å². The Morgan fingerprint density at radius 3 is 1.89 bits per heavy atom. The van der Waals surface area contributed by atoms with Crippen LogP contribution in [0.25, 0.3) is 0 Å². The van der Waals surface area contributed by atoms with Crippen LogP contribution in [0.3, 0.4) is 0 Å². The second kappa shape index (κ2) is 8.95. The van der Waals surface area contributed by atoms with Gasteiger partial charge in [0.1, 0.15) is 18.3 Å². The molecule has 4 atom stereocenters. The van der Waals surface area contributed by atoms with Gasteiger partial charge in [0, 0.05) is 0 Å². The molecule has 2 rings (SSSR count). The number of fused-ring (bicyclic) bond motifs is 1. The van der Waals surface area contributed by atoms with Crippen LogP contribution in [0.5, 0.6) is 0 Å². The van der Waals surface area contributed by atoms with Crippen molar-refractivity contribution < 1.29 is 22.8 Å². The molecule has 0 radical (unpaired) electrons. The van der Waals surface area contributed by atoms with Crippen molar-refractivity contribution in [2.75, 3.05) is 13.7 Å². The van der Waals surface area contributed by atoms with Crippen molar-refractivity contribution in [1.29, 1.82) is 0 Å². The molecule has 158 valence electrons. The van der Waals surface area contributed by atoms with Crippen LogP contribution in [-0.2, 0) is 17.7 Å². The van der Waals surface area contributed by atoms with Crippen molar-refractivity contribution in [3.63, 3.8) is 0 Å². The van der Waals surface area contributed by atoms with Crippen LogP contribution in [0.4, 0.5) is 0 Å². The van der Waals surface area contributed by atoms with E-state index in [9.17, 15) is 5.11 Å². The largest absolute Gasteiger partial charge is 0.414 e. The molecule has 0 saturated carbocycles. The molecule has 0 spiro atoms. The minimum Gasteiger partial charge on any atom is -0.414 e. The van der Waals surface area contributed by atoms with Crippen LogP contribution < -0.4 is 5.23 Å². The maximum atomic E-state index is 10.9. The maximum absolute atomic E-state index is 10.9. The van der Waals surface area contributed by atoms with Gasteiger partial charge in [-0.2, -0.15) is 0 Å². The fraction of sp³-hybridized carbons (Fsp3) is 1.00. The normalized spacial score (nSPS) is 33.4. The number of aliphatic hydroxyl groups is 1. The lowest BCUT2D eigenvalue weighted by Crippen LogP contribution is -2.65. The Kier molecular flexibility index (Phi) is 7.80. The first-order chi connectivity index (χ1) is 12.5. The molecule has 6 nitrogen and oxygen atoms in total. The van der Waals surface area contributed by atoms with E-state index < -0.39 is 29.3 Å². The number of hydrogen-bond acceptors (Lipinski definition) is 6. The van der Waals surface area contributed by atoms with Gasteiger partial charge in [0.05, 0.1) is 12.6 Å². The number of rotatable bonds is 6. The van der Waals surface area contributed by atoms with Crippen LogP contribution >= 0.6 is 0 Å².